The van der Waals surface area contributed by atoms with Crippen LogP contribution in [-0.4, -0.2) is 44.0 Å². The molecule has 1 unspecified atom stereocenters. The number of alkyl halides is 2. The minimum atomic E-state index is -2.90. The maximum absolute atomic E-state index is 14.6. The lowest BCUT2D eigenvalue weighted by Gasteiger charge is -2.40. The van der Waals surface area contributed by atoms with Gasteiger partial charge >= 0.3 is 5.97 Å². The third kappa shape index (κ3) is 4.74. The SMILES string of the molecule is COC(=O)C1(CC(=O)N(c2ccccc2F)C2CCCC(F)(F)C2)CCNCC1. The molecule has 1 saturated carbocycles. The molecule has 1 N–H and O–H groups in total. The van der Waals surface area contributed by atoms with Crippen LogP contribution in [0.3, 0.4) is 0 Å². The first-order valence-electron chi connectivity index (χ1n) is 10.0. The molecule has 1 aliphatic heterocycles. The lowest BCUT2D eigenvalue weighted by molar-refractivity contribution is -0.157. The van der Waals surface area contributed by atoms with Crippen LogP contribution in [0.5, 0.6) is 0 Å². The summed E-state index contributed by atoms with van der Waals surface area (Å²) in [6.45, 7) is 1.09. The van der Waals surface area contributed by atoms with Gasteiger partial charge in [-0.1, -0.05) is 12.1 Å². The minimum Gasteiger partial charge on any atom is -0.469 e. The number of halogens is 3. The Balaban J connectivity index is 1.94. The van der Waals surface area contributed by atoms with Crippen LogP contribution in [0.25, 0.3) is 0 Å². The number of carbonyl (C=O) groups is 2. The zero-order valence-electron chi connectivity index (χ0n) is 16.6. The van der Waals surface area contributed by atoms with Gasteiger partial charge in [0.2, 0.25) is 11.8 Å². The average Bonchev–Trinajstić information content (AvgIpc) is 2.69. The smallest absolute Gasteiger partial charge is 0.312 e. The molecule has 1 aliphatic carbocycles. The number of benzene rings is 1. The summed E-state index contributed by atoms with van der Waals surface area (Å²) in [6.07, 6.45) is 0.470. The van der Waals surface area contributed by atoms with Gasteiger partial charge in [0.1, 0.15) is 5.82 Å². The van der Waals surface area contributed by atoms with Crippen LogP contribution in [0.1, 0.15) is 44.9 Å². The summed E-state index contributed by atoms with van der Waals surface area (Å²) < 4.78 is 47.7. The van der Waals surface area contributed by atoms with Gasteiger partial charge in [-0.05, 0) is 50.9 Å². The van der Waals surface area contributed by atoms with E-state index in [1.165, 1.54) is 25.3 Å². The van der Waals surface area contributed by atoms with Crippen molar-refractivity contribution in [1.82, 2.24) is 5.32 Å². The molecule has 0 spiro atoms. The van der Waals surface area contributed by atoms with Crippen LogP contribution in [0.15, 0.2) is 24.3 Å². The van der Waals surface area contributed by atoms with Crippen LogP contribution in [0.4, 0.5) is 18.9 Å². The molecule has 1 atom stereocenters. The highest BCUT2D eigenvalue weighted by Crippen LogP contribution is 2.40. The van der Waals surface area contributed by atoms with E-state index in [4.69, 9.17) is 4.74 Å². The third-order valence-corrected chi connectivity index (χ3v) is 6.03. The number of methoxy groups -OCH3 is 1. The zero-order chi connectivity index (χ0) is 21.1. The second kappa shape index (κ2) is 8.73. The minimum absolute atomic E-state index is 0.0193. The number of nitrogens with one attached hydrogen (secondary N) is 1. The first kappa shape index (κ1) is 21.6. The molecule has 1 aromatic carbocycles. The van der Waals surface area contributed by atoms with Crippen molar-refractivity contribution >= 4 is 17.6 Å². The molecule has 0 bridgehead atoms. The fraction of sp³-hybridized carbons (Fsp3) is 0.619. The van der Waals surface area contributed by atoms with E-state index in [0.29, 0.717) is 32.4 Å². The highest BCUT2D eigenvalue weighted by Gasteiger charge is 2.46. The van der Waals surface area contributed by atoms with Gasteiger partial charge in [0, 0.05) is 25.3 Å². The molecule has 1 aromatic rings. The summed E-state index contributed by atoms with van der Waals surface area (Å²) >= 11 is 0. The second-order valence-corrected chi connectivity index (χ2v) is 8.02. The molecule has 0 radical (unpaired) electrons. The Hall–Kier alpha value is -2.09. The van der Waals surface area contributed by atoms with E-state index in [0.717, 1.165) is 4.90 Å². The predicted octanol–water partition coefficient (Wildman–Crippen LogP) is 3.67. The first-order chi connectivity index (χ1) is 13.8. The number of amides is 1. The van der Waals surface area contributed by atoms with Crippen molar-refractivity contribution < 1.29 is 27.5 Å². The van der Waals surface area contributed by atoms with Crippen molar-refractivity contribution in [2.24, 2.45) is 5.41 Å². The quantitative estimate of drug-likeness (QED) is 0.750. The molecule has 2 fully saturated rings. The van der Waals surface area contributed by atoms with E-state index >= 15 is 0 Å². The normalized spacial score (nSPS) is 23.2. The molecular weight excluding hydrogens is 385 g/mol. The molecule has 0 aromatic heterocycles. The molecule has 160 valence electrons. The van der Waals surface area contributed by atoms with Crippen LogP contribution < -0.4 is 10.2 Å². The van der Waals surface area contributed by atoms with Gasteiger partial charge in [-0.3, -0.25) is 9.59 Å². The number of ether oxygens (including phenoxy) is 1. The van der Waals surface area contributed by atoms with Crippen molar-refractivity contribution in [2.75, 3.05) is 25.1 Å². The van der Waals surface area contributed by atoms with Gasteiger partial charge in [0.15, 0.2) is 0 Å². The number of para-hydroxylation sites is 1. The predicted molar refractivity (Wildman–Crippen MR) is 102 cm³/mol. The number of anilines is 1. The molecule has 1 saturated heterocycles. The summed E-state index contributed by atoms with van der Waals surface area (Å²) in [6, 6.07) is 4.87. The molecule has 5 nitrogen and oxygen atoms in total. The van der Waals surface area contributed by atoms with E-state index in [1.807, 2.05) is 0 Å². The Labute approximate surface area is 168 Å². The molecule has 29 heavy (non-hydrogen) atoms. The summed E-state index contributed by atoms with van der Waals surface area (Å²) in [5.74, 6) is -4.56. The maximum atomic E-state index is 14.6. The van der Waals surface area contributed by atoms with E-state index in [1.54, 1.807) is 6.07 Å². The lowest BCUT2D eigenvalue weighted by atomic mass is 9.75. The van der Waals surface area contributed by atoms with E-state index < -0.39 is 41.5 Å². The highest BCUT2D eigenvalue weighted by molar-refractivity contribution is 5.97. The fourth-order valence-electron chi connectivity index (χ4n) is 4.50. The van der Waals surface area contributed by atoms with Gasteiger partial charge < -0.3 is 15.0 Å². The van der Waals surface area contributed by atoms with Crippen LogP contribution in [-0.2, 0) is 14.3 Å². The van der Waals surface area contributed by atoms with Gasteiger partial charge in [0.25, 0.3) is 0 Å². The monoisotopic (exact) mass is 412 g/mol. The Morgan fingerprint density at radius 2 is 1.90 bits per heavy atom. The topological polar surface area (TPSA) is 58.6 Å². The number of esters is 1. The largest absolute Gasteiger partial charge is 0.469 e. The number of rotatable bonds is 5. The van der Waals surface area contributed by atoms with Crippen LogP contribution in [0, 0.1) is 11.2 Å². The number of hydrogen-bond donors (Lipinski definition) is 1. The first-order valence-corrected chi connectivity index (χ1v) is 10.0. The van der Waals surface area contributed by atoms with Crippen molar-refractivity contribution in [3.63, 3.8) is 0 Å². The standard InChI is InChI=1S/C21H27F3N2O3/c1-29-19(28)20(9-11-25-12-10-20)14-18(27)26(17-7-3-2-6-16(17)22)15-5-4-8-21(23,24)13-15/h2-3,6-7,15,25H,4-5,8-14H2,1H3. The van der Waals surface area contributed by atoms with Crippen molar-refractivity contribution in [2.45, 2.75) is 56.9 Å². The van der Waals surface area contributed by atoms with Crippen LogP contribution in [0.2, 0.25) is 0 Å². The van der Waals surface area contributed by atoms with Crippen molar-refractivity contribution in [1.29, 1.82) is 0 Å². The van der Waals surface area contributed by atoms with Gasteiger partial charge in [-0.25, -0.2) is 13.2 Å². The highest BCUT2D eigenvalue weighted by atomic mass is 19.3. The molecular formula is C21H27F3N2O3. The number of carbonyl (C=O) groups excluding carboxylic acids is 2. The van der Waals surface area contributed by atoms with Crippen LogP contribution >= 0.6 is 0 Å². The fourth-order valence-corrected chi connectivity index (χ4v) is 4.50. The summed E-state index contributed by atoms with van der Waals surface area (Å²) in [5.41, 5.74) is -1.05. The molecule has 2 aliphatic rings. The number of nitrogens with zero attached hydrogens (tertiary/aromatic N) is 1. The zero-order valence-corrected chi connectivity index (χ0v) is 16.6. The second-order valence-electron chi connectivity index (χ2n) is 8.02. The maximum Gasteiger partial charge on any atom is 0.312 e. The summed E-state index contributed by atoms with van der Waals surface area (Å²) in [7, 11) is 1.27. The summed E-state index contributed by atoms with van der Waals surface area (Å²) in [5, 5.41) is 3.14. The Morgan fingerprint density at radius 1 is 1.21 bits per heavy atom. The van der Waals surface area contributed by atoms with Gasteiger partial charge in [0.05, 0.1) is 18.2 Å². The van der Waals surface area contributed by atoms with E-state index in [2.05, 4.69) is 5.32 Å². The van der Waals surface area contributed by atoms with Crippen molar-refractivity contribution in [3.8, 4) is 0 Å². The molecule has 1 heterocycles. The third-order valence-electron chi connectivity index (χ3n) is 6.03. The Morgan fingerprint density at radius 3 is 2.52 bits per heavy atom. The number of hydrogen-bond acceptors (Lipinski definition) is 4. The number of piperidine rings is 1. The van der Waals surface area contributed by atoms with E-state index in [-0.39, 0.29) is 24.9 Å². The Kier molecular flexibility index (Phi) is 6.51. The molecule has 3 rings (SSSR count). The van der Waals surface area contributed by atoms with Crippen molar-refractivity contribution in [3.05, 3.63) is 30.1 Å². The van der Waals surface area contributed by atoms with E-state index in [9.17, 15) is 22.8 Å². The summed E-state index contributed by atoms with van der Waals surface area (Å²) in [4.78, 5) is 27.1. The van der Waals surface area contributed by atoms with Gasteiger partial charge in [-0.15, -0.1) is 0 Å². The van der Waals surface area contributed by atoms with Gasteiger partial charge in [-0.2, -0.15) is 0 Å². The Bertz CT molecular complexity index is 750. The molecule has 1 amide bonds. The lowest BCUT2D eigenvalue weighted by Crippen LogP contribution is -2.50. The molecule has 8 heteroatoms. The average molecular weight is 412 g/mol.